The molecule has 2 aromatic rings. The van der Waals surface area contributed by atoms with Crippen LogP contribution in [0.5, 0.6) is 0 Å². The van der Waals surface area contributed by atoms with Crippen molar-refractivity contribution in [3.8, 4) is 11.3 Å². The summed E-state index contributed by atoms with van der Waals surface area (Å²) in [4.78, 5) is 12.2. The van der Waals surface area contributed by atoms with Crippen molar-refractivity contribution in [2.75, 3.05) is 6.54 Å². The Morgan fingerprint density at radius 3 is 2.70 bits per heavy atom. The van der Waals surface area contributed by atoms with Gasteiger partial charge in [0, 0.05) is 17.1 Å². The summed E-state index contributed by atoms with van der Waals surface area (Å²) in [5.41, 5.74) is -1.19. The molecule has 0 spiro atoms. The second kappa shape index (κ2) is 6.80. The van der Waals surface area contributed by atoms with Gasteiger partial charge in [-0.05, 0) is 36.2 Å². The van der Waals surface area contributed by atoms with Crippen molar-refractivity contribution in [1.29, 1.82) is 0 Å². The fraction of sp³-hybridized carbons (Fsp3) is 0.286. The number of rotatable bonds is 5. The molecule has 0 saturated carbocycles. The van der Waals surface area contributed by atoms with Crippen LogP contribution in [0.1, 0.15) is 29.5 Å². The third-order valence-corrected chi connectivity index (χ3v) is 3.31. The van der Waals surface area contributed by atoms with Crippen molar-refractivity contribution in [2.24, 2.45) is 0 Å². The number of carbonyl (C=O) groups excluding carboxylic acids is 1. The van der Waals surface area contributed by atoms with Crippen molar-refractivity contribution < 1.29 is 22.5 Å². The molecule has 124 valence electrons. The molecule has 2 rings (SSSR count). The van der Waals surface area contributed by atoms with Gasteiger partial charge in [-0.3, -0.25) is 4.79 Å². The Balaban J connectivity index is 2.60. The van der Waals surface area contributed by atoms with Gasteiger partial charge in [0.15, 0.2) is 0 Å². The molecule has 0 unspecified atom stereocenters. The Labute approximate surface area is 139 Å². The van der Waals surface area contributed by atoms with Crippen molar-refractivity contribution in [3.05, 3.63) is 40.4 Å². The second-order valence-corrected chi connectivity index (χ2v) is 5.52. The van der Waals surface area contributed by atoms with Crippen molar-refractivity contribution >= 4 is 29.1 Å². The standard InChI is InChI=1S/C14H11Cl2F3N2O2/c1-2-5-20-13(22)10-11(21-23-12(10)14(16,18)19)8-4-3-7(15)6-9(8)17/h3-4,6H,2,5H2,1H3,(H,20,22). The summed E-state index contributed by atoms with van der Waals surface area (Å²) in [5.74, 6) is -2.86. The predicted molar refractivity (Wildman–Crippen MR) is 79.3 cm³/mol. The van der Waals surface area contributed by atoms with E-state index >= 15 is 0 Å². The lowest BCUT2D eigenvalue weighted by Crippen LogP contribution is -2.26. The number of hydrogen-bond donors (Lipinski definition) is 1. The van der Waals surface area contributed by atoms with E-state index in [4.69, 9.17) is 23.2 Å². The minimum absolute atomic E-state index is 0.106. The first-order valence-electron chi connectivity index (χ1n) is 6.56. The molecule has 0 atom stereocenters. The van der Waals surface area contributed by atoms with Crippen LogP contribution in [0, 0.1) is 5.82 Å². The molecule has 9 heteroatoms. The van der Waals surface area contributed by atoms with Gasteiger partial charge in [-0.1, -0.05) is 23.7 Å². The minimum Gasteiger partial charge on any atom is -0.352 e. The van der Waals surface area contributed by atoms with Crippen LogP contribution < -0.4 is 5.32 Å². The average molecular weight is 367 g/mol. The van der Waals surface area contributed by atoms with Crippen molar-refractivity contribution in [1.82, 2.24) is 10.5 Å². The van der Waals surface area contributed by atoms with E-state index in [1.54, 1.807) is 6.92 Å². The maximum Gasteiger partial charge on any atom is 0.383 e. The fourth-order valence-corrected chi connectivity index (χ4v) is 2.17. The van der Waals surface area contributed by atoms with Gasteiger partial charge < -0.3 is 9.84 Å². The quantitative estimate of drug-likeness (QED) is 0.789. The highest BCUT2D eigenvalue weighted by molar-refractivity contribution is 6.30. The first kappa shape index (κ1) is 17.6. The van der Waals surface area contributed by atoms with Crippen LogP contribution in [0.15, 0.2) is 22.7 Å². The molecule has 1 amide bonds. The van der Waals surface area contributed by atoms with Gasteiger partial charge in [0.05, 0.1) is 0 Å². The van der Waals surface area contributed by atoms with E-state index in [9.17, 15) is 18.0 Å². The van der Waals surface area contributed by atoms with E-state index in [1.807, 2.05) is 0 Å². The number of carbonyl (C=O) groups is 1. The number of benzene rings is 1. The smallest absolute Gasteiger partial charge is 0.352 e. The lowest BCUT2D eigenvalue weighted by molar-refractivity contribution is 0.0583. The Bertz CT molecular complexity index is 729. The number of nitrogens with zero attached hydrogens (tertiary/aromatic N) is 1. The molecule has 0 bridgehead atoms. The summed E-state index contributed by atoms with van der Waals surface area (Å²) in [7, 11) is 0. The monoisotopic (exact) mass is 366 g/mol. The Morgan fingerprint density at radius 2 is 2.13 bits per heavy atom. The molecule has 1 N–H and O–H groups in total. The topological polar surface area (TPSA) is 55.1 Å². The molecule has 1 aromatic carbocycles. The third kappa shape index (κ3) is 3.79. The molecule has 0 radical (unpaired) electrons. The van der Waals surface area contributed by atoms with E-state index in [0.717, 1.165) is 6.07 Å². The molecule has 0 aliphatic heterocycles. The Morgan fingerprint density at radius 1 is 1.43 bits per heavy atom. The molecule has 0 fully saturated rings. The van der Waals surface area contributed by atoms with E-state index in [0.29, 0.717) is 6.42 Å². The zero-order chi connectivity index (χ0) is 17.2. The molecular weight excluding hydrogens is 356 g/mol. The van der Waals surface area contributed by atoms with E-state index in [-0.39, 0.29) is 22.8 Å². The first-order valence-corrected chi connectivity index (χ1v) is 7.31. The molecule has 1 aromatic heterocycles. The van der Waals surface area contributed by atoms with Gasteiger partial charge in [-0.25, -0.2) is 4.39 Å². The predicted octanol–water partition coefficient (Wildman–Crippen LogP) is 4.56. The fourth-order valence-electron chi connectivity index (χ4n) is 1.89. The Kier molecular flexibility index (Phi) is 5.21. The highest BCUT2D eigenvalue weighted by Crippen LogP contribution is 2.39. The van der Waals surface area contributed by atoms with Crippen LogP contribution >= 0.6 is 23.2 Å². The molecule has 0 aliphatic rings. The number of alkyl halides is 3. The summed E-state index contributed by atoms with van der Waals surface area (Å²) in [6.45, 7) is 2.02. The van der Waals surface area contributed by atoms with Gasteiger partial charge in [0.1, 0.15) is 17.1 Å². The van der Waals surface area contributed by atoms with E-state index in [1.165, 1.54) is 12.1 Å². The maximum atomic E-state index is 14.0. The van der Waals surface area contributed by atoms with Gasteiger partial charge in [0.2, 0.25) is 5.76 Å². The van der Waals surface area contributed by atoms with Crippen LogP contribution in [0.4, 0.5) is 13.2 Å². The number of halogens is 5. The summed E-state index contributed by atoms with van der Waals surface area (Å²) >= 11 is 10.6. The second-order valence-electron chi connectivity index (χ2n) is 4.61. The number of amides is 1. The summed E-state index contributed by atoms with van der Waals surface area (Å²) in [6, 6.07) is 3.51. The largest absolute Gasteiger partial charge is 0.383 e. The highest BCUT2D eigenvalue weighted by Gasteiger charge is 2.41. The third-order valence-electron chi connectivity index (χ3n) is 2.90. The van der Waals surface area contributed by atoms with Gasteiger partial charge >= 0.3 is 5.38 Å². The van der Waals surface area contributed by atoms with Crippen LogP contribution in [0.2, 0.25) is 5.02 Å². The van der Waals surface area contributed by atoms with Gasteiger partial charge in [-0.2, -0.15) is 8.78 Å². The number of aromatic nitrogens is 1. The van der Waals surface area contributed by atoms with Crippen LogP contribution in [0.3, 0.4) is 0 Å². The average Bonchev–Trinajstić information content (AvgIpc) is 2.89. The van der Waals surface area contributed by atoms with Gasteiger partial charge in [-0.15, -0.1) is 0 Å². The lowest BCUT2D eigenvalue weighted by atomic mass is 10.0. The summed E-state index contributed by atoms with van der Waals surface area (Å²) in [5, 5.41) is 1.94. The zero-order valence-corrected chi connectivity index (χ0v) is 13.3. The normalized spacial score (nSPS) is 11.6. The highest BCUT2D eigenvalue weighted by atomic mass is 35.5. The van der Waals surface area contributed by atoms with Crippen LogP contribution in [-0.2, 0) is 5.38 Å². The molecule has 1 heterocycles. The molecular formula is C14H11Cl2F3N2O2. The summed E-state index contributed by atoms with van der Waals surface area (Å²) < 4.78 is 45.4. The van der Waals surface area contributed by atoms with E-state index in [2.05, 4.69) is 15.0 Å². The zero-order valence-electron chi connectivity index (χ0n) is 11.8. The Hall–Kier alpha value is -1.73. The minimum atomic E-state index is -3.97. The van der Waals surface area contributed by atoms with Crippen LogP contribution in [0.25, 0.3) is 11.3 Å². The molecule has 0 aliphatic carbocycles. The van der Waals surface area contributed by atoms with E-state index < -0.39 is 28.4 Å². The lowest BCUT2D eigenvalue weighted by Gasteiger charge is -2.08. The number of hydrogen-bond acceptors (Lipinski definition) is 3. The molecule has 23 heavy (non-hydrogen) atoms. The first-order chi connectivity index (χ1) is 10.8. The van der Waals surface area contributed by atoms with Crippen molar-refractivity contribution in [3.63, 3.8) is 0 Å². The summed E-state index contributed by atoms with van der Waals surface area (Å²) in [6.07, 6.45) is 0.578. The molecule has 4 nitrogen and oxygen atoms in total. The van der Waals surface area contributed by atoms with Gasteiger partial charge in [0.25, 0.3) is 5.91 Å². The number of nitrogens with one attached hydrogen (secondary N) is 1. The maximum absolute atomic E-state index is 14.0. The molecule has 0 saturated heterocycles. The van der Waals surface area contributed by atoms with Crippen LogP contribution in [-0.4, -0.2) is 17.6 Å². The SMILES string of the molecule is CCCNC(=O)c1c(-c2ccc(Cl)cc2F)noc1C(F)(F)Cl. The van der Waals surface area contributed by atoms with Crippen molar-refractivity contribution in [2.45, 2.75) is 18.7 Å².